The Morgan fingerprint density at radius 3 is 1.97 bits per heavy atom. The molecule has 3 aromatic carbocycles. The van der Waals surface area contributed by atoms with Crippen LogP contribution in [0.25, 0.3) is 21.8 Å². The monoisotopic (exact) mass is 437 g/mol. The third kappa shape index (κ3) is 4.34. The van der Waals surface area contributed by atoms with Gasteiger partial charge >= 0.3 is 12.6 Å². The van der Waals surface area contributed by atoms with Crippen LogP contribution < -0.4 is 10.2 Å². The summed E-state index contributed by atoms with van der Waals surface area (Å²) < 4.78 is 35.5. The van der Waals surface area contributed by atoms with E-state index < -0.39 is 25.0 Å². The van der Waals surface area contributed by atoms with Gasteiger partial charge in [0.25, 0.3) is 0 Å². The van der Waals surface area contributed by atoms with Crippen LogP contribution in [-0.4, -0.2) is 29.5 Å². The maximum atomic E-state index is 12.8. The lowest BCUT2D eigenvalue weighted by Gasteiger charge is -2.14. The van der Waals surface area contributed by atoms with Gasteiger partial charge in [-0.1, -0.05) is 24.3 Å². The summed E-state index contributed by atoms with van der Waals surface area (Å²) in [6.45, 7) is -3.67. The molecule has 0 radical (unpaired) electrons. The van der Waals surface area contributed by atoms with E-state index in [1.54, 1.807) is 53.1 Å². The van der Waals surface area contributed by atoms with Crippen molar-refractivity contribution in [3.05, 3.63) is 88.6 Å². The normalized spacial score (nSPS) is 11.1. The number of pyridine rings is 1. The number of hydrogen-bond donors (Lipinski definition) is 0. The first-order valence-corrected chi connectivity index (χ1v) is 9.68. The highest BCUT2D eigenvalue weighted by Crippen LogP contribution is 2.19. The van der Waals surface area contributed by atoms with Crippen molar-refractivity contribution in [2.75, 3.05) is 6.61 Å². The molecule has 0 bridgehead atoms. The molecule has 0 N–H and O–H groups in total. The molecule has 1 heterocycles. The van der Waals surface area contributed by atoms with Gasteiger partial charge in [-0.15, -0.1) is 0 Å². The van der Waals surface area contributed by atoms with Crippen LogP contribution in [0.3, 0.4) is 0 Å². The second kappa shape index (κ2) is 8.97. The van der Waals surface area contributed by atoms with Crippen molar-refractivity contribution in [3.8, 4) is 5.75 Å². The molecular formula is C24H17F2NO5. The van der Waals surface area contributed by atoms with Gasteiger partial charge in [-0.3, -0.25) is 14.4 Å². The number of ketones is 1. The number of halogens is 2. The standard InChI is InChI=1S/C24H17F2NO5/c25-24(26)32-16-11-9-15(10-12-16)21(28)14-31-22(29)13-27-19-7-3-1-5-17(19)23(30)18-6-2-4-8-20(18)27/h1-12,24H,13-14H2. The molecule has 0 atom stereocenters. The molecule has 0 amide bonds. The Morgan fingerprint density at radius 1 is 0.844 bits per heavy atom. The second-order valence-electron chi connectivity index (χ2n) is 6.94. The van der Waals surface area contributed by atoms with Crippen molar-refractivity contribution in [1.82, 2.24) is 4.57 Å². The van der Waals surface area contributed by atoms with E-state index in [4.69, 9.17) is 4.74 Å². The van der Waals surface area contributed by atoms with Gasteiger partial charge < -0.3 is 14.0 Å². The summed E-state index contributed by atoms with van der Waals surface area (Å²) in [5, 5.41) is 0.947. The summed E-state index contributed by atoms with van der Waals surface area (Å²) in [5.74, 6) is -1.22. The van der Waals surface area contributed by atoms with E-state index in [1.165, 1.54) is 24.3 Å². The maximum absolute atomic E-state index is 12.8. The van der Waals surface area contributed by atoms with Gasteiger partial charge in [0, 0.05) is 16.3 Å². The van der Waals surface area contributed by atoms with Gasteiger partial charge in [0.15, 0.2) is 17.8 Å². The minimum absolute atomic E-state index is 0.0782. The van der Waals surface area contributed by atoms with Crippen LogP contribution in [0.2, 0.25) is 0 Å². The van der Waals surface area contributed by atoms with E-state index in [1.807, 2.05) is 0 Å². The summed E-state index contributed by atoms with van der Waals surface area (Å²) in [6, 6.07) is 19.0. The Bertz CT molecular complexity index is 1300. The molecule has 0 saturated heterocycles. The van der Waals surface area contributed by atoms with Crippen LogP contribution in [0, 0.1) is 0 Å². The van der Waals surface area contributed by atoms with Crippen molar-refractivity contribution in [2.24, 2.45) is 0 Å². The average molecular weight is 437 g/mol. The lowest BCUT2D eigenvalue weighted by atomic mass is 10.1. The highest BCUT2D eigenvalue weighted by Gasteiger charge is 2.15. The summed E-state index contributed by atoms with van der Waals surface area (Å²) in [4.78, 5) is 37.6. The average Bonchev–Trinajstić information content (AvgIpc) is 2.80. The van der Waals surface area contributed by atoms with E-state index >= 15 is 0 Å². The Labute approximate surface area is 180 Å². The number of benzene rings is 3. The van der Waals surface area contributed by atoms with E-state index in [2.05, 4.69) is 4.74 Å². The Balaban J connectivity index is 1.51. The smallest absolute Gasteiger partial charge is 0.387 e. The van der Waals surface area contributed by atoms with Crippen molar-refractivity contribution in [2.45, 2.75) is 13.2 Å². The van der Waals surface area contributed by atoms with Crippen molar-refractivity contribution < 1.29 is 27.8 Å². The Morgan fingerprint density at radius 2 is 1.41 bits per heavy atom. The highest BCUT2D eigenvalue weighted by molar-refractivity contribution is 5.98. The third-order valence-corrected chi connectivity index (χ3v) is 4.93. The lowest BCUT2D eigenvalue weighted by molar-refractivity contribution is -0.143. The molecule has 32 heavy (non-hydrogen) atoms. The summed E-state index contributed by atoms with van der Waals surface area (Å²) >= 11 is 0. The number of aromatic nitrogens is 1. The van der Waals surface area contributed by atoms with E-state index in [0.717, 1.165) is 0 Å². The highest BCUT2D eigenvalue weighted by atomic mass is 19.3. The number of hydrogen-bond acceptors (Lipinski definition) is 5. The van der Waals surface area contributed by atoms with Crippen molar-refractivity contribution >= 4 is 33.6 Å². The zero-order chi connectivity index (χ0) is 22.7. The number of para-hydroxylation sites is 2. The van der Waals surface area contributed by atoms with Crippen LogP contribution in [0.5, 0.6) is 5.75 Å². The Kier molecular flexibility index (Phi) is 5.93. The van der Waals surface area contributed by atoms with Crippen LogP contribution in [0.1, 0.15) is 10.4 Å². The molecule has 1 aromatic heterocycles. The van der Waals surface area contributed by atoms with Gasteiger partial charge in [-0.05, 0) is 48.5 Å². The number of carbonyl (C=O) groups excluding carboxylic acids is 2. The summed E-state index contributed by atoms with van der Waals surface area (Å²) in [6.07, 6.45) is 0. The number of rotatable bonds is 7. The molecular weight excluding hydrogens is 420 g/mol. The molecule has 0 spiro atoms. The molecule has 8 heteroatoms. The molecule has 4 rings (SSSR count). The largest absolute Gasteiger partial charge is 0.456 e. The number of alkyl halides is 2. The van der Waals surface area contributed by atoms with Crippen molar-refractivity contribution in [3.63, 3.8) is 0 Å². The number of Topliss-reactive ketones (excluding diaryl/α,β-unsaturated/α-hetero) is 1. The van der Waals surface area contributed by atoms with Gasteiger partial charge in [0.2, 0.25) is 0 Å². The number of carbonyl (C=O) groups is 2. The van der Waals surface area contributed by atoms with Crippen molar-refractivity contribution in [1.29, 1.82) is 0 Å². The number of fused-ring (bicyclic) bond motifs is 2. The fraction of sp³-hybridized carbons (Fsp3) is 0.125. The van der Waals surface area contributed by atoms with Gasteiger partial charge in [-0.25, -0.2) is 0 Å². The minimum atomic E-state index is -2.96. The zero-order valence-electron chi connectivity index (χ0n) is 16.7. The first kappa shape index (κ1) is 21.2. The fourth-order valence-corrected chi connectivity index (χ4v) is 3.47. The van der Waals surface area contributed by atoms with E-state index in [0.29, 0.717) is 21.8 Å². The molecule has 0 fully saturated rings. The van der Waals surface area contributed by atoms with Crippen LogP contribution in [0.4, 0.5) is 8.78 Å². The second-order valence-corrected chi connectivity index (χ2v) is 6.94. The molecule has 0 saturated carbocycles. The minimum Gasteiger partial charge on any atom is -0.456 e. The lowest BCUT2D eigenvalue weighted by Crippen LogP contribution is -2.20. The predicted octanol–water partition coefficient (Wildman–Crippen LogP) is 4.18. The first-order chi connectivity index (χ1) is 15.4. The van der Waals surface area contributed by atoms with Gasteiger partial charge in [0.1, 0.15) is 12.3 Å². The number of esters is 1. The molecule has 0 aliphatic heterocycles. The predicted molar refractivity (Wildman–Crippen MR) is 114 cm³/mol. The number of nitrogens with zero attached hydrogens (tertiary/aromatic N) is 1. The first-order valence-electron chi connectivity index (χ1n) is 9.68. The molecule has 0 aliphatic rings. The van der Waals surface area contributed by atoms with E-state index in [-0.39, 0.29) is 23.3 Å². The van der Waals surface area contributed by atoms with Crippen LogP contribution in [-0.2, 0) is 16.1 Å². The topological polar surface area (TPSA) is 74.6 Å². The van der Waals surface area contributed by atoms with Gasteiger partial charge in [0.05, 0.1) is 11.0 Å². The fourth-order valence-electron chi connectivity index (χ4n) is 3.47. The quantitative estimate of drug-likeness (QED) is 0.246. The third-order valence-electron chi connectivity index (χ3n) is 4.93. The van der Waals surface area contributed by atoms with Crippen LogP contribution >= 0.6 is 0 Å². The summed E-state index contributed by atoms with van der Waals surface area (Å²) in [5.41, 5.74) is 1.22. The molecule has 6 nitrogen and oxygen atoms in total. The molecule has 0 unspecified atom stereocenters. The van der Waals surface area contributed by atoms with Gasteiger partial charge in [-0.2, -0.15) is 8.78 Å². The molecule has 0 aliphatic carbocycles. The summed E-state index contributed by atoms with van der Waals surface area (Å²) in [7, 11) is 0. The molecule has 162 valence electrons. The van der Waals surface area contributed by atoms with Crippen LogP contribution in [0.15, 0.2) is 77.6 Å². The molecule has 4 aromatic rings. The SMILES string of the molecule is O=C(Cn1c2ccccc2c(=O)c2ccccc21)OCC(=O)c1ccc(OC(F)F)cc1. The number of ether oxygens (including phenoxy) is 2. The zero-order valence-corrected chi connectivity index (χ0v) is 16.7. The maximum Gasteiger partial charge on any atom is 0.387 e. The Hall–Kier alpha value is -4.07. The van der Waals surface area contributed by atoms with E-state index in [9.17, 15) is 23.2 Å².